The predicted molar refractivity (Wildman–Crippen MR) is 111 cm³/mol. The molecule has 1 saturated heterocycles. The zero-order chi connectivity index (χ0) is 19.3. The monoisotopic (exact) mass is 378 g/mol. The molecule has 2 heterocycles. The van der Waals surface area contributed by atoms with Crippen LogP contribution in [0.2, 0.25) is 0 Å². The molecule has 146 valence electrons. The number of ether oxygens (including phenoxy) is 1. The molecule has 0 bridgehead atoms. The molecule has 5 heteroatoms. The Labute approximate surface area is 164 Å². The molecule has 0 radical (unpaired) electrons. The van der Waals surface area contributed by atoms with Gasteiger partial charge >= 0.3 is 5.63 Å². The average Bonchev–Trinajstić information content (AvgIpc) is 3.25. The summed E-state index contributed by atoms with van der Waals surface area (Å²) in [6.45, 7) is 3.73. The van der Waals surface area contributed by atoms with Gasteiger partial charge in [-0.3, -0.25) is 4.90 Å². The van der Waals surface area contributed by atoms with Crippen molar-refractivity contribution in [1.29, 1.82) is 0 Å². The quantitative estimate of drug-likeness (QED) is 0.635. The third kappa shape index (κ3) is 4.11. The SMILES string of the molecule is COc1ccc2c(CNC[C@@H](c3ccccc3)N3CCCC3)cc(=O)oc2c1. The topological polar surface area (TPSA) is 54.7 Å². The molecule has 4 rings (SSSR count). The Hall–Kier alpha value is -2.63. The summed E-state index contributed by atoms with van der Waals surface area (Å²) in [5, 5.41) is 4.51. The third-order valence-corrected chi connectivity index (χ3v) is 5.46. The van der Waals surface area contributed by atoms with Gasteiger partial charge in [0.2, 0.25) is 0 Å². The number of benzene rings is 2. The number of nitrogens with one attached hydrogen (secondary N) is 1. The van der Waals surface area contributed by atoms with E-state index in [0.29, 0.717) is 23.9 Å². The van der Waals surface area contributed by atoms with Gasteiger partial charge in [0, 0.05) is 36.7 Å². The summed E-state index contributed by atoms with van der Waals surface area (Å²) < 4.78 is 10.6. The van der Waals surface area contributed by atoms with Crippen molar-refractivity contribution in [3.8, 4) is 5.75 Å². The third-order valence-electron chi connectivity index (χ3n) is 5.46. The van der Waals surface area contributed by atoms with Crippen LogP contribution in [-0.2, 0) is 6.54 Å². The number of nitrogens with zero attached hydrogens (tertiary/aromatic N) is 1. The van der Waals surface area contributed by atoms with Crippen LogP contribution < -0.4 is 15.7 Å². The van der Waals surface area contributed by atoms with Crippen LogP contribution in [0.15, 0.2) is 63.8 Å². The van der Waals surface area contributed by atoms with E-state index in [-0.39, 0.29) is 5.63 Å². The summed E-state index contributed by atoms with van der Waals surface area (Å²) in [6.07, 6.45) is 2.52. The lowest BCUT2D eigenvalue weighted by molar-refractivity contribution is 0.238. The summed E-state index contributed by atoms with van der Waals surface area (Å²) in [5.74, 6) is 0.680. The van der Waals surface area contributed by atoms with E-state index in [4.69, 9.17) is 9.15 Å². The fraction of sp³-hybridized carbons (Fsp3) is 0.348. The van der Waals surface area contributed by atoms with Crippen LogP contribution in [0.3, 0.4) is 0 Å². The molecule has 1 fully saturated rings. The van der Waals surface area contributed by atoms with E-state index in [1.54, 1.807) is 19.2 Å². The van der Waals surface area contributed by atoms with Crippen molar-refractivity contribution in [2.24, 2.45) is 0 Å². The standard InChI is InChI=1S/C23H26N2O3/c1-27-19-9-10-20-18(13-23(26)28-22(20)14-19)15-24-16-21(25-11-5-6-12-25)17-7-3-2-4-8-17/h2-4,7-10,13-14,21,24H,5-6,11-12,15-16H2,1H3/t21-/m0/s1. The Kier molecular flexibility index (Phi) is 5.74. The maximum Gasteiger partial charge on any atom is 0.336 e. The second-order valence-corrected chi connectivity index (χ2v) is 7.25. The summed E-state index contributed by atoms with van der Waals surface area (Å²) in [5.41, 5.74) is 2.50. The lowest BCUT2D eigenvalue weighted by Gasteiger charge is -2.28. The van der Waals surface area contributed by atoms with E-state index in [1.807, 2.05) is 12.1 Å². The van der Waals surface area contributed by atoms with Gasteiger partial charge in [-0.2, -0.15) is 0 Å². The van der Waals surface area contributed by atoms with Crippen LogP contribution in [0.5, 0.6) is 5.75 Å². The molecule has 28 heavy (non-hydrogen) atoms. The minimum Gasteiger partial charge on any atom is -0.497 e. The normalized spacial score (nSPS) is 15.8. The van der Waals surface area contributed by atoms with Gasteiger partial charge in [0.1, 0.15) is 11.3 Å². The number of fused-ring (bicyclic) bond motifs is 1. The first kappa shape index (κ1) is 18.7. The van der Waals surface area contributed by atoms with Crippen molar-refractivity contribution in [2.75, 3.05) is 26.7 Å². The molecule has 1 aromatic heterocycles. The number of likely N-dealkylation sites (tertiary alicyclic amines) is 1. The summed E-state index contributed by atoms with van der Waals surface area (Å²) in [4.78, 5) is 14.5. The maximum absolute atomic E-state index is 12.0. The van der Waals surface area contributed by atoms with Gasteiger partial charge in [-0.1, -0.05) is 30.3 Å². The van der Waals surface area contributed by atoms with Crippen molar-refractivity contribution in [2.45, 2.75) is 25.4 Å². The zero-order valence-corrected chi connectivity index (χ0v) is 16.2. The van der Waals surface area contributed by atoms with Gasteiger partial charge in [0.15, 0.2) is 0 Å². The minimum atomic E-state index is -0.336. The van der Waals surface area contributed by atoms with E-state index in [2.05, 4.69) is 40.5 Å². The second-order valence-electron chi connectivity index (χ2n) is 7.25. The van der Waals surface area contributed by atoms with Crippen molar-refractivity contribution >= 4 is 11.0 Å². The first-order chi connectivity index (χ1) is 13.7. The van der Waals surface area contributed by atoms with Crippen LogP contribution in [0.1, 0.15) is 30.0 Å². The highest BCUT2D eigenvalue weighted by Crippen LogP contribution is 2.25. The molecule has 1 atom stereocenters. The van der Waals surface area contributed by atoms with E-state index in [1.165, 1.54) is 18.4 Å². The molecular weight excluding hydrogens is 352 g/mol. The van der Waals surface area contributed by atoms with Gasteiger partial charge in [-0.05, 0) is 49.2 Å². The molecule has 2 aromatic carbocycles. The highest BCUT2D eigenvalue weighted by atomic mass is 16.5. The Morgan fingerprint density at radius 2 is 1.89 bits per heavy atom. The number of rotatable bonds is 7. The molecule has 1 N–H and O–H groups in total. The van der Waals surface area contributed by atoms with Gasteiger partial charge < -0.3 is 14.5 Å². The molecule has 1 aliphatic heterocycles. The van der Waals surface area contributed by atoms with Crippen molar-refractivity contribution in [3.05, 3.63) is 76.1 Å². The van der Waals surface area contributed by atoms with E-state index in [0.717, 1.165) is 30.6 Å². The number of hydrogen-bond donors (Lipinski definition) is 1. The maximum atomic E-state index is 12.0. The van der Waals surface area contributed by atoms with Crippen molar-refractivity contribution in [3.63, 3.8) is 0 Å². The Morgan fingerprint density at radius 3 is 2.64 bits per heavy atom. The van der Waals surface area contributed by atoms with E-state index in [9.17, 15) is 4.79 Å². The van der Waals surface area contributed by atoms with E-state index < -0.39 is 0 Å². The van der Waals surface area contributed by atoms with Gasteiger partial charge in [-0.15, -0.1) is 0 Å². The Morgan fingerprint density at radius 1 is 1.11 bits per heavy atom. The molecule has 3 aromatic rings. The first-order valence-electron chi connectivity index (χ1n) is 9.85. The van der Waals surface area contributed by atoms with E-state index >= 15 is 0 Å². The van der Waals surface area contributed by atoms with Gasteiger partial charge in [0.05, 0.1) is 7.11 Å². The lowest BCUT2D eigenvalue weighted by Crippen LogP contribution is -2.34. The molecule has 0 aliphatic carbocycles. The number of hydrogen-bond acceptors (Lipinski definition) is 5. The molecule has 1 aliphatic rings. The Balaban J connectivity index is 1.52. The highest BCUT2D eigenvalue weighted by Gasteiger charge is 2.23. The summed E-state index contributed by atoms with van der Waals surface area (Å²) >= 11 is 0. The smallest absolute Gasteiger partial charge is 0.336 e. The van der Waals surface area contributed by atoms with Crippen LogP contribution in [0, 0.1) is 0 Å². The van der Waals surface area contributed by atoms with Gasteiger partial charge in [-0.25, -0.2) is 4.79 Å². The fourth-order valence-electron chi connectivity index (χ4n) is 4.01. The van der Waals surface area contributed by atoms with Crippen molar-refractivity contribution in [1.82, 2.24) is 10.2 Å². The summed E-state index contributed by atoms with van der Waals surface area (Å²) in [7, 11) is 1.60. The fourth-order valence-corrected chi connectivity index (χ4v) is 4.01. The molecule has 0 spiro atoms. The van der Waals surface area contributed by atoms with Crippen LogP contribution >= 0.6 is 0 Å². The van der Waals surface area contributed by atoms with Crippen LogP contribution in [-0.4, -0.2) is 31.6 Å². The van der Waals surface area contributed by atoms with Crippen LogP contribution in [0.4, 0.5) is 0 Å². The van der Waals surface area contributed by atoms with Crippen molar-refractivity contribution < 1.29 is 9.15 Å². The largest absolute Gasteiger partial charge is 0.497 e. The molecule has 5 nitrogen and oxygen atoms in total. The predicted octanol–water partition coefficient (Wildman–Crippen LogP) is 3.73. The first-order valence-corrected chi connectivity index (χ1v) is 9.85. The molecule has 0 saturated carbocycles. The molecule has 0 unspecified atom stereocenters. The molecule has 0 amide bonds. The zero-order valence-electron chi connectivity index (χ0n) is 16.2. The summed E-state index contributed by atoms with van der Waals surface area (Å²) in [6, 6.07) is 18.2. The number of methoxy groups -OCH3 is 1. The second kappa shape index (κ2) is 8.59. The minimum absolute atomic E-state index is 0.336. The Bertz CT molecular complexity index is 978. The highest BCUT2D eigenvalue weighted by molar-refractivity contribution is 5.81. The average molecular weight is 378 g/mol. The van der Waals surface area contributed by atoms with Crippen LogP contribution in [0.25, 0.3) is 11.0 Å². The lowest BCUT2D eigenvalue weighted by atomic mass is 10.1. The van der Waals surface area contributed by atoms with Gasteiger partial charge in [0.25, 0.3) is 0 Å². The molecular formula is C23H26N2O3.